The third-order valence-electron chi connectivity index (χ3n) is 6.05. The summed E-state index contributed by atoms with van der Waals surface area (Å²) in [4.78, 5) is 28.0. The summed E-state index contributed by atoms with van der Waals surface area (Å²) < 4.78 is 12.7. The van der Waals surface area contributed by atoms with Gasteiger partial charge in [0.15, 0.2) is 0 Å². The molecule has 8 heteroatoms. The molecule has 8 nitrogen and oxygen atoms in total. The molecular weight excluding hydrogens is 480 g/mol. The maximum atomic E-state index is 13.3. The lowest BCUT2D eigenvalue weighted by molar-refractivity contribution is -0.116. The standard InChI is InChI=1S/C30H40N4O4/c1-7-9-19-38-25-14-10-22(11-15-25)29(36)33(18-8-2)21-28(35)31-27-20-26(30(3,4)5)32-34(27)23-12-16-24(37-6)17-13-23/h10-17,20H,7-9,18-19,21H2,1-6H3,(H,31,35). The number of benzene rings is 2. The van der Waals surface area contributed by atoms with E-state index in [-0.39, 0.29) is 23.8 Å². The van der Waals surface area contributed by atoms with Crippen molar-refractivity contribution in [3.8, 4) is 17.2 Å². The fourth-order valence-corrected chi connectivity index (χ4v) is 3.85. The van der Waals surface area contributed by atoms with Crippen LogP contribution < -0.4 is 14.8 Å². The number of anilines is 1. The maximum absolute atomic E-state index is 13.3. The van der Waals surface area contributed by atoms with Crippen molar-refractivity contribution in [2.45, 2.75) is 59.3 Å². The molecule has 1 aromatic heterocycles. The second-order valence-corrected chi connectivity index (χ2v) is 10.3. The van der Waals surface area contributed by atoms with E-state index in [9.17, 15) is 9.59 Å². The normalized spacial score (nSPS) is 11.2. The summed E-state index contributed by atoms with van der Waals surface area (Å²) in [5, 5.41) is 7.74. The van der Waals surface area contributed by atoms with Crippen molar-refractivity contribution >= 4 is 17.6 Å². The highest BCUT2D eigenvalue weighted by Gasteiger charge is 2.23. The van der Waals surface area contributed by atoms with Crippen LogP contribution in [-0.4, -0.2) is 53.3 Å². The van der Waals surface area contributed by atoms with E-state index >= 15 is 0 Å². The average Bonchev–Trinajstić information content (AvgIpc) is 3.33. The van der Waals surface area contributed by atoms with E-state index in [1.54, 1.807) is 41.0 Å². The number of carbonyl (C=O) groups is 2. The molecule has 0 saturated heterocycles. The molecule has 38 heavy (non-hydrogen) atoms. The molecule has 0 radical (unpaired) electrons. The Morgan fingerprint density at radius 2 is 1.63 bits per heavy atom. The van der Waals surface area contributed by atoms with Gasteiger partial charge < -0.3 is 19.7 Å². The van der Waals surface area contributed by atoms with Crippen molar-refractivity contribution in [3.63, 3.8) is 0 Å². The summed E-state index contributed by atoms with van der Waals surface area (Å²) in [5.74, 6) is 1.53. The zero-order chi connectivity index (χ0) is 27.7. The van der Waals surface area contributed by atoms with Gasteiger partial charge in [0.05, 0.1) is 25.1 Å². The molecule has 2 aromatic carbocycles. The second kappa shape index (κ2) is 13.1. The molecule has 0 atom stereocenters. The molecule has 3 aromatic rings. The highest BCUT2D eigenvalue weighted by Crippen LogP contribution is 2.27. The number of nitrogens with zero attached hydrogens (tertiary/aromatic N) is 3. The van der Waals surface area contributed by atoms with Gasteiger partial charge in [-0.05, 0) is 61.4 Å². The lowest BCUT2D eigenvalue weighted by Gasteiger charge is -2.22. The van der Waals surface area contributed by atoms with Crippen molar-refractivity contribution in [2.24, 2.45) is 0 Å². The minimum atomic E-state index is -0.290. The number of methoxy groups -OCH3 is 1. The van der Waals surface area contributed by atoms with Crippen molar-refractivity contribution in [1.29, 1.82) is 0 Å². The van der Waals surface area contributed by atoms with Gasteiger partial charge in [-0.1, -0.05) is 41.0 Å². The molecule has 3 rings (SSSR count). The van der Waals surface area contributed by atoms with Crippen LogP contribution in [0.1, 0.15) is 69.9 Å². The molecular formula is C30H40N4O4. The number of amides is 2. The van der Waals surface area contributed by atoms with Gasteiger partial charge in [0.25, 0.3) is 5.91 Å². The molecule has 0 aliphatic rings. The third kappa shape index (κ3) is 7.60. The van der Waals surface area contributed by atoms with Crippen LogP contribution >= 0.6 is 0 Å². The van der Waals surface area contributed by atoms with Crippen LogP contribution in [0.25, 0.3) is 5.69 Å². The quantitative estimate of drug-likeness (QED) is 0.303. The Hall–Kier alpha value is -3.81. The van der Waals surface area contributed by atoms with Crippen LogP contribution in [-0.2, 0) is 10.2 Å². The molecule has 1 heterocycles. The number of unbranched alkanes of at least 4 members (excludes halogenated alkanes) is 1. The Labute approximate surface area is 225 Å². The van der Waals surface area contributed by atoms with E-state index in [4.69, 9.17) is 14.6 Å². The zero-order valence-electron chi connectivity index (χ0n) is 23.4. The molecule has 204 valence electrons. The molecule has 2 amide bonds. The van der Waals surface area contributed by atoms with Crippen LogP contribution in [0.4, 0.5) is 5.82 Å². The first-order chi connectivity index (χ1) is 18.2. The largest absolute Gasteiger partial charge is 0.497 e. The number of nitrogens with one attached hydrogen (secondary N) is 1. The van der Waals surface area contributed by atoms with Crippen LogP contribution in [0.5, 0.6) is 11.5 Å². The van der Waals surface area contributed by atoms with Crippen LogP contribution in [0.3, 0.4) is 0 Å². The summed E-state index contributed by atoms with van der Waals surface area (Å²) in [6.07, 6.45) is 2.77. The van der Waals surface area contributed by atoms with Crippen molar-refractivity contribution in [1.82, 2.24) is 14.7 Å². The van der Waals surface area contributed by atoms with Crippen molar-refractivity contribution < 1.29 is 19.1 Å². The molecule has 0 spiro atoms. The lowest BCUT2D eigenvalue weighted by Crippen LogP contribution is -2.38. The van der Waals surface area contributed by atoms with Gasteiger partial charge >= 0.3 is 0 Å². The van der Waals surface area contributed by atoms with E-state index in [0.29, 0.717) is 24.5 Å². The molecule has 0 aliphatic heterocycles. The molecule has 0 saturated carbocycles. The minimum absolute atomic E-state index is 0.0694. The summed E-state index contributed by atoms with van der Waals surface area (Å²) in [6, 6.07) is 16.4. The van der Waals surface area contributed by atoms with E-state index < -0.39 is 0 Å². The molecule has 0 bridgehead atoms. The first-order valence-electron chi connectivity index (χ1n) is 13.2. The smallest absolute Gasteiger partial charge is 0.254 e. The molecule has 1 N–H and O–H groups in total. The van der Waals surface area contributed by atoms with E-state index in [1.165, 1.54) is 0 Å². The highest BCUT2D eigenvalue weighted by molar-refractivity contribution is 5.99. The van der Waals surface area contributed by atoms with Gasteiger partial charge in [-0.25, -0.2) is 4.68 Å². The van der Waals surface area contributed by atoms with E-state index in [0.717, 1.165) is 42.1 Å². The van der Waals surface area contributed by atoms with Crippen LogP contribution in [0, 0.1) is 0 Å². The fourth-order valence-electron chi connectivity index (χ4n) is 3.85. The number of hydrogen-bond acceptors (Lipinski definition) is 5. The van der Waals surface area contributed by atoms with Crippen LogP contribution in [0.15, 0.2) is 54.6 Å². The first-order valence-corrected chi connectivity index (χ1v) is 13.2. The fraction of sp³-hybridized carbons (Fsp3) is 0.433. The van der Waals surface area contributed by atoms with Crippen molar-refractivity contribution in [3.05, 3.63) is 65.9 Å². The zero-order valence-corrected chi connectivity index (χ0v) is 23.4. The maximum Gasteiger partial charge on any atom is 0.254 e. The third-order valence-corrected chi connectivity index (χ3v) is 6.05. The second-order valence-electron chi connectivity index (χ2n) is 10.3. The molecule has 0 unspecified atom stereocenters. The topological polar surface area (TPSA) is 85.7 Å². The Bertz CT molecular complexity index is 1190. The van der Waals surface area contributed by atoms with Gasteiger partial charge in [-0.2, -0.15) is 5.10 Å². The number of carbonyl (C=O) groups excluding carboxylic acids is 2. The van der Waals surface area contributed by atoms with Gasteiger partial charge in [-0.3, -0.25) is 9.59 Å². The predicted molar refractivity (Wildman–Crippen MR) is 150 cm³/mol. The summed E-state index contributed by atoms with van der Waals surface area (Å²) in [5.41, 5.74) is 1.94. The number of rotatable bonds is 12. The van der Waals surface area contributed by atoms with E-state index in [2.05, 4.69) is 33.0 Å². The molecule has 0 fully saturated rings. The molecule has 0 aliphatic carbocycles. The minimum Gasteiger partial charge on any atom is -0.497 e. The Morgan fingerprint density at radius 1 is 0.974 bits per heavy atom. The number of hydrogen-bond donors (Lipinski definition) is 1. The number of aromatic nitrogens is 2. The highest BCUT2D eigenvalue weighted by atomic mass is 16.5. The van der Waals surface area contributed by atoms with Crippen LogP contribution in [0.2, 0.25) is 0 Å². The number of ether oxygens (including phenoxy) is 2. The lowest BCUT2D eigenvalue weighted by atomic mass is 9.92. The predicted octanol–water partition coefficient (Wildman–Crippen LogP) is 5.85. The summed E-state index contributed by atoms with van der Waals surface area (Å²) in [7, 11) is 1.62. The Morgan fingerprint density at radius 3 is 2.21 bits per heavy atom. The van der Waals surface area contributed by atoms with Gasteiger partial charge in [0.2, 0.25) is 5.91 Å². The summed E-state index contributed by atoms with van der Waals surface area (Å²) in [6.45, 7) is 11.3. The average molecular weight is 521 g/mol. The van der Waals surface area contributed by atoms with Crippen molar-refractivity contribution in [2.75, 3.05) is 32.1 Å². The van der Waals surface area contributed by atoms with Gasteiger partial charge in [0, 0.05) is 23.6 Å². The summed E-state index contributed by atoms with van der Waals surface area (Å²) >= 11 is 0. The van der Waals surface area contributed by atoms with Gasteiger partial charge in [0.1, 0.15) is 23.9 Å². The Balaban J connectivity index is 1.77. The SMILES string of the molecule is CCCCOc1ccc(C(=O)N(CCC)CC(=O)Nc2cc(C(C)(C)C)nn2-c2ccc(OC)cc2)cc1. The first kappa shape index (κ1) is 28.8. The Kier molecular flexibility index (Phi) is 9.93. The van der Waals surface area contributed by atoms with Gasteiger partial charge in [-0.15, -0.1) is 0 Å². The monoisotopic (exact) mass is 520 g/mol. The van der Waals surface area contributed by atoms with E-state index in [1.807, 2.05) is 37.3 Å².